The molecule has 1 aromatic rings. The monoisotopic (exact) mass is 339 g/mol. The largest absolute Gasteiger partial charge is 0.468 e. The Morgan fingerprint density at radius 2 is 1.95 bits per heavy atom. The predicted molar refractivity (Wildman–Crippen MR) is 76.1 cm³/mol. The van der Waals surface area contributed by atoms with Gasteiger partial charge in [0, 0.05) is 6.26 Å². The zero-order valence-electron chi connectivity index (χ0n) is 10.5. The number of halogens is 3. The minimum atomic E-state index is -3.27. The van der Waals surface area contributed by atoms with Gasteiger partial charge < -0.3 is 4.74 Å². The summed E-state index contributed by atoms with van der Waals surface area (Å²) in [7, 11) is -3.27. The molecule has 2 atom stereocenters. The normalized spacial score (nSPS) is 22.8. The number of ether oxygens (including phenoxy) is 1. The van der Waals surface area contributed by atoms with Crippen LogP contribution in [0.5, 0.6) is 0 Å². The van der Waals surface area contributed by atoms with Crippen molar-refractivity contribution in [3.63, 3.8) is 0 Å². The number of benzene rings is 1. The van der Waals surface area contributed by atoms with Crippen LogP contribution in [0.2, 0.25) is 0 Å². The van der Waals surface area contributed by atoms with Crippen molar-refractivity contribution in [2.24, 2.45) is 4.99 Å². The first-order chi connectivity index (χ1) is 9.32. The van der Waals surface area contributed by atoms with Gasteiger partial charge in [-0.05, 0) is 17.7 Å². The zero-order chi connectivity index (χ0) is 14.9. The molecule has 1 aliphatic heterocycles. The molecule has 0 spiro atoms. The molecule has 20 heavy (non-hydrogen) atoms. The highest BCUT2D eigenvalue weighted by atomic mass is 35.5. The predicted octanol–water partition coefficient (Wildman–Crippen LogP) is 2.70. The summed E-state index contributed by atoms with van der Waals surface area (Å²) < 4.78 is 41.2. The molecule has 0 saturated carbocycles. The van der Waals surface area contributed by atoms with Gasteiger partial charge in [0.2, 0.25) is 5.90 Å². The number of aliphatic imine (C=N–C) groups is 1. The number of sulfone groups is 1. The number of hydrogen-bond donors (Lipinski definition) is 0. The van der Waals surface area contributed by atoms with Crippen molar-refractivity contribution in [2.75, 3.05) is 12.9 Å². The van der Waals surface area contributed by atoms with Gasteiger partial charge in [0.25, 0.3) is 0 Å². The Morgan fingerprint density at radius 1 is 1.35 bits per heavy atom. The molecule has 0 N–H and O–H groups in total. The molecule has 0 unspecified atom stereocenters. The van der Waals surface area contributed by atoms with Gasteiger partial charge in [-0.25, -0.2) is 17.8 Å². The fourth-order valence-electron chi connectivity index (χ4n) is 1.89. The molecule has 0 saturated heterocycles. The third-order valence-corrected chi connectivity index (χ3v) is 4.37. The van der Waals surface area contributed by atoms with Gasteiger partial charge in [-0.15, -0.1) is 0 Å². The van der Waals surface area contributed by atoms with Crippen LogP contribution in [0.25, 0.3) is 0 Å². The lowest BCUT2D eigenvalue weighted by Gasteiger charge is -2.16. The summed E-state index contributed by atoms with van der Waals surface area (Å²) >= 11 is 11.3. The molecule has 0 bridgehead atoms. The van der Waals surface area contributed by atoms with Crippen LogP contribution in [-0.2, 0) is 14.6 Å². The van der Waals surface area contributed by atoms with Crippen LogP contribution in [0.3, 0.4) is 0 Å². The first kappa shape index (κ1) is 15.5. The molecule has 0 amide bonds. The zero-order valence-corrected chi connectivity index (χ0v) is 12.8. The Bertz CT molecular complexity index is 616. The average Bonchev–Trinajstić information content (AvgIpc) is 2.82. The molecular formula is C12H12Cl2FNO3S. The maximum Gasteiger partial charge on any atom is 0.218 e. The van der Waals surface area contributed by atoms with Crippen LogP contribution < -0.4 is 0 Å². The van der Waals surface area contributed by atoms with E-state index < -0.39 is 33.5 Å². The molecule has 0 fully saturated rings. The van der Waals surface area contributed by atoms with Crippen LogP contribution in [-0.4, -0.2) is 38.1 Å². The average molecular weight is 340 g/mol. The SMILES string of the molecule is CS(=O)(=O)c1ccc([C@H]2OC(C(Cl)Cl)=N[C@H]2CF)cc1. The summed E-state index contributed by atoms with van der Waals surface area (Å²) in [5.74, 6) is 0.0770. The Kier molecular flexibility index (Phi) is 4.56. The molecule has 0 aromatic heterocycles. The number of rotatable bonds is 4. The highest BCUT2D eigenvalue weighted by Crippen LogP contribution is 2.32. The van der Waals surface area contributed by atoms with E-state index in [0.717, 1.165) is 6.26 Å². The molecule has 110 valence electrons. The van der Waals surface area contributed by atoms with Gasteiger partial charge >= 0.3 is 0 Å². The first-order valence-electron chi connectivity index (χ1n) is 5.71. The van der Waals surface area contributed by atoms with Gasteiger partial charge in [-0.1, -0.05) is 35.3 Å². The lowest BCUT2D eigenvalue weighted by Crippen LogP contribution is -2.17. The van der Waals surface area contributed by atoms with Crippen LogP contribution >= 0.6 is 23.2 Å². The lowest BCUT2D eigenvalue weighted by molar-refractivity contribution is 0.178. The van der Waals surface area contributed by atoms with Gasteiger partial charge in [-0.3, -0.25) is 0 Å². The van der Waals surface area contributed by atoms with E-state index in [2.05, 4.69) is 4.99 Å². The van der Waals surface area contributed by atoms with Crippen LogP contribution in [0.1, 0.15) is 11.7 Å². The molecule has 1 aliphatic rings. The third kappa shape index (κ3) is 3.24. The molecule has 4 nitrogen and oxygen atoms in total. The van der Waals surface area contributed by atoms with E-state index in [4.69, 9.17) is 27.9 Å². The van der Waals surface area contributed by atoms with Crippen molar-refractivity contribution in [1.82, 2.24) is 0 Å². The maximum atomic E-state index is 13.0. The number of alkyl halides is 3. The van der Waals surface area contributed by atoms with Crippen LogP contribution in [0, 0.1) is 0 Å². The van der Waals surface area contributed by atoms with Crippen LogP contribution in [0.15, 0.2) is 34.2 Å². The third-order valence-electron chi connectivity index (χ3n) is 2.87. The van der Waals surface area contributed by atoms with E-state index in [9.17, 15) is 12.8 Å². The van der Waals surface area contributed by atoms with Gasteiger partial charge in [-0.2, -0.15) is 0 Å². The quantitative estimate of drug-likeness (QED) is 0.792. The molecule has 0 aliphatic carbocycles. The van der Waals surface area contributed by atoms with E-state index in [1.54, 1.807) is 12.1 Å². The van der Waals surface area contributed by atoms with Crippen molar-refractivity contribution < 1.29 is 17.5 Å². The van der Waals surface area contributed by atoms with Crippen molar-refractivity contribution in [3.8, 4) is 0 Å². The number of hydrogen-bond acceptors (Lipinski definition) is 4. The fourth-order valence-corrected chi connectivity index (χ4v) is 2.73. The van der Waals surface area contributed by atoms with Gasteiger partial charge in [0.15, 0.2) is 20.8 Å². The minimum Gasteiger partial charge on any atom is -0.468 e. The second-order valence-corrected chi connectivity index (χ2v) is 7.48. The van der Waals surface area contributed by atoms with Crippen molar-refractivity contribution in [3.05, 3.63) is 29.8 Å². The summed E-state index contributed by atoms with van der Waals surface area (Å²) in [6, 6.07) is 5.30. The molecule has 0 radical (unpaired) electrons. The maximum absolute atomic E-state index is 13.0. The van der Waals surface area contributed by atoms with E-state index in [-0.39, 0.29) is 10.8 Å². The Hall–Kier alpha value is -0.850. The summed E-state index contributed by atoms with van der Waals surface area (Å²) in [4.78, 5) is 3.20. The molecule has 2 rings (SSSR count). The smallest absolute Gasteiger partial charge is 0.218 e. The Balaban J connectivity index is 2.25. The van der Waals surface area contributed by atoms with Crippen LogP contribution in [0.4, 0.5) is 4.39 Å². The summed E-state index contributed by atoms with van der Waals surface area (Å²) in [6.45, 7) is -0.720. The van der Waals surface area contributed by atoms with E-state index in [1.807, 2.05) is 0 Å². The second-order valence-electron chi connectivity index (χ2n) is 4.37. The lowest BCUT2D eigenvalue weighted by atomic mass is 10.0. The summed E-state index contributed by atoms with van der Waals surface area (Å²) in [5.41, 5.74) is 0.618. The van der Waals surface area contributed by atoms with Gasteiger partial charge in [0.1, 0.15) is 12.7 Å². The molecule has 8 heteroatoms. The minimum absolute atomic E-state index is 0.0770. The highest BCUT2D eigenvalue weighted by Gasteiger charge is 2.34. The molecule has 1 aromatic carbocycles. The topological polar surface area (TPSA) is 55.7 Å². The summed E-state index contributed by atoms with van der Waals surface area (Å²) in [5, 5.41) is 0. The fraction of sp³-hybridized carbons (Fsp3) is 0.417. The second kappa shape index (κ2) is 5.87. The first-order valence-corrected chi connectivity index (χ1v) is 8.48. The Morgan fingerprint density at radius 3 is 2.40 bits per heavy atom. The van der Waals surface area contributed by atoms with E-state index in [1.165, 1.54) is 12.1 Å². The molecular weight excluding hydrogens is 328 g/mol. The van der Waals surface area contributed by atoms with E-state index >= 15 is 0 Å². The highest BCUT2D eigenvalue weighted by molar-refractivity contribution is 7.90. The Labute approximate surface area is 126 Å². The van der Waals surface area contributed by atoms with Crippen molar-refractivity contribution in [2.45, 2.75) is 21.9 Å². The van der Waals surface area contributed by atoms with Gasteiger partial charge in [0.05, 0.1) is 4.90 Å². The molecule has 1 heterocycles. The van der Waals surface area contributed by atoms with Crippen molar-refractivity contribution in [1.29, 1.82) is 0 Å². The number of nitrogens with zero attached hydrogens (tertiary/aromatic N) is 1. The van der Waals surface area contributed by atoms with Crippen molar-refractivity contribution >= 4 is 38.9 Å². The summed E-state index contributed by atoms with van der Waals surface area (Å²) in [6.07, 6.45) is 0.467. The van der Waals surface area contributed by atoms with E-state index in [0.29, 0.717) is 5.56 Å². The standard InChI is InChI=1S/C12H12Cl2FNO3S/c1-20(17,18)8-4-2-7(3-5-8)10-9(6-15)16-12(19-10)11(13)14/h2-5,9-11H,6H2,1H3/t9-,10+/m0/s1.